The predicted octanol–water partition coefficient (Wildman–Crippen LogP) is 9.38. The first-order valence-electron chi connectivity index (χ1n) is 19.8. The molecule has 0 aliphatic rings. The zero-order valence-corrected chi connectivity index (χ0v) is 33.4. The highest BCUT2D eigenvalue weighted by molar-refractivity contribution is 5.89. The lowest BCUT2D eigenvalue weighted by molar-refractivity contribution is 0.0428. The lowest BCUT2D eigenvalue weighted by Crippen LogP contribution is -2.39. The van der Waals surface area contributed by atoms with Gasteiger partial charge in [0.15, 0.2) is 29.6 Å². The Hall–Kier alpha value is -7.14. The topological polar surface area (TPSA) is 131 Å². The number of aryl methyl sites for hydroxylation is 2. The SMILES string of the molecule is CCCc1nc(C(C)C)c(C(=O)OCc2oc(=O)oc2C)n1Cc1ccc(-c2ccccc2-c2nnnn2C(c2ccccc2)(c2ccccc2)c2ccccc2)cc1. The molecule has 0 saturated heterocycles. The number of imidazole rings is 1. The van der Waals surface area contributed by atoms with E-state index in [1.54, 1.807) is 6.92 Å². The van der Waals surface area contributed by atoms with Crippen molar-refractivity contribution in [1.82, 2.24) is 29.8 Å². The standard InChI is InChI=1S/C48H44N6O5/c1-5-17-42-49-43(32(2)3)44(46(55)57-31-41-33(4)58-47(56)59-41)53(42)30-34-26-28-35(29-27-34)39-24-15-16-25-40(39)45-50-51-52-54(45)48(36-18-9-6-10-19-36,37-20-11-7-12-21-37)38-22-13-8-14-23-38/h6-16,18-29,32H,5,17,30-31H2,1-4H3. The zero-order valence-electron chi connectivity index (χ0n) is 33.4. The van der Waals surface area contributed by atoms with Crippen LogP contribution in [0.15, 0.2) is 153 Å². The molecule has 0 saturated carbocycles. The molecule has 3 aromatic heterocycles. The van der Waals surface area contributed by atoms with Crippen molar-refractivity contribution in [2.24, 2.45) is 0 Å². The van der Waals surface area contributed by atoms with E-state index in [2.05, 4.69) is 84.9 Å². The molecule has 8 aromatic rings. The van der Waals surface area contributed by atoms with Gasteiger partial charge in [0.25, 0.3) is 0 Å². The normalized spacial score (nSPS) is 11.6. The predicted molar refractivity (Wildman–Crippen MR) is 224 cm³/mol. The molecule has 0 N–H and O–H groups in total. The minimum absolute atomic E-state index is 0.0391. The molecule has 0 spiro atoms. The molecule has 0 atom stereocenters. The lowest BCUT2D eigenvalue weighted by Gasteiger charge is -2.36. The molecular formula is C48H44N6O5. The summed E-state index contributed by atoms with van der Waals surface area (Å²) in [5, 5.41) is 13.8. The second-order valence-corrected chi connectivity index (χ2v) is 14.7. The third-order valence-corrected chi connectivity index (χ3v) is 10.6. The summed E-state index contributed by atoms with van der Waals surface area (Å²) < 4.78 is 19.6. The van der Waals surface area contributed by atoms with E-state index in [0.717, 1.165) is 51.2 Å². The third-order valence-electron chi connectivity index (χ3n) is 10.6. The highest BCUT2D eigenvalue weighted by Crippen LogP contribution is 2.43. The van der Waals surface area contributed by atoms with Crippen LogP contribution in [0, 0.1) is 6.92 Å². The molecule has 0 fully saturated rings. The van der Waals surface area contributed by atoms with Crippen LogP contribution in [-0.2, 0) is 29.8 Å². The molecule has 0 aliphatic heterocycles. The summed E-state index contributed by atoms with van der Waals surface area (Å²) in [5.41, 5.74) is 6.96. The Bertz CT molecular complexity index is 2640. The second-order valence-electron chi connectivity index (χ2n) is 14.7. The van der Waals surface area contributed by atoms with Crippen LogP contribution >= 0.6 is 0 Å². The van der Waals surface area contributed by atoms with Crippen LogP contribution < -0.4 is 5.82 Å². The van der Waals surface area contributed by atoms with Gasteiger partial charge in [0.2, 0.25) is 0 Å². The molecule has 3 heterocycles. The number of esters is 1. The summed E-state index contributed by atoms with van der Waals surface area (Å²) >= 11 is 0. The molecule has 59 heavy (non-hydrogen) atoms. The van der Waals surface area contributed by atoms with E-state index < -0.39 is 17.3 Å². The van der Waals surface area contributed by atoms with E-state index >= 15 is 0 Å². The quantitative estimate of drug-likeness (QED) is 0.0782. The van der Waals surface area contributed by atoms with Crippen molar-refractivity contribution in [3.63, 3.8) is 0 Å². The van der Waals surface area contributed by atoms with Gasteiger partial charge in [-0.25, -0.2) is 19.3 Å². The average Bonchev–Trinajstić information content (AvgIpc) is 3.99. The Morgan fingerprint density at radius 3 is 1.88 bits per heavy atom. The summed E-state index contributed by atoms with van der Waals surface area (Å²) in [5.74, 6) is 0.428. The van der Waals surface area contributed by atoms with Crippen molar-refractivity contribution >= 4 is 5.97 Å². The van der Waals surface area contributed by atoms with Gasteiger partial charge < -0.3 is 18.1 Å². The Morgan fingerprint density at radius 2 is 1.34 bits per heavy atom. The number of aromatic nitrogens is 6. The van der Waals surface area contributed by atoms with Crippen molar-refractivity contribution in [2.75, 3.05) is 0 Å². The first-order chi connectivity index (χ1) is 28.8. The van der Waals surface area contributed by atoms with Crippen molar-refractivity contribution in [3.8, 4) is 22.5 Å². The maximum atomic E-state index is 13.8. The van der Waals surface area contributed by atoms with E-state index in [4.69, 9.17) is 28.9 Å². The van der Waals surface area contributed by atoms with Crippen LogP contribution in [-0.4, -0.2) is 35.7 Å². The van der Waals surface area contributed by atoms with E-state index in [9.17, 15) is 9.59 Å². The molecule has 8 rings (SSSR count). The van der Waals surface area contributed by atoms with Gasteiger partial charge in [-0.3, -0.25) is 0 Å². The van der Waals surface area contributed by atoms with Crippen molar-refractivity contribution < 1.29 is 18.4 Å². The summed E-state index contributed by atoms with van der Waals surface area (Å²) in [6, 6.07) is 47.5. The zero-order chi connectivity index (χ0) is 40.9. The number of nitrogens with zero attached hydrogens (tertiary/aromatic N) is 6. The summed E-state index contributed by atoms with van der Waals surface area (Å²) in [6.07, 6.45) is 1.52. The fourth-order valence-corrected chi connectivity index (χ4v) is 7.82. The van der Waals surface area contributed by atoms with E-state index in [0.29, 0.717) is 30.2 Å². The van der Waals surface area contributed by atoms with Crippen molar-refractivity contribution in [3.05, 3.63) is 201 Å². The van der Waals surface area contributed by atoms with Crippen LogP contribution in [0.3, 0.4) is 0 Å². The number of tetrazole rings is 1. The Labute approximate surface area is 342 Å². The third kappa shape index (κ3) is 7.43. The van der Waals surface area contributed by atoms with Crippen LogP contribution in [0.1, 0.15) is 88.9 Å². The highest BCUT2D eigenvalue weighted by atomic mass is 16.6. The number of ether oxygens (including phenoxy) is 1. The van der Waals surface area contributed by atoms with Crippen LogP contribution in [0.25, 0.3) is 22.5 Å². The first kappa shape index (κ1) is 38.7. The molecular weight excluding hydrogens is 741 g/mol. The fraction of sp³-hybridized carbons (Fsp3) is 0.208. The minimum atomic E-state index is -0.903. The molecule has 296 valence electrons. The van der Waals surface area contributed by atoms with Gasteiger partial charge in [-0.1, -0.05) is 160 Å². The van der Waals surface area contributed by atoms with Crippen LogP contribution in [0.4, 0.5) is 0 Å². The van der Waals surface area contributed by atoms with E-state index in [1.165, 1.54) is 0 Å². The maximum absolute atomic E-state index is 13.8. The highest BCUT2D eigenvalue weighted by Gasteiger charge is 2.42. The summed E-state index contributed by atoms with van der Waals surface area (Å²) in [6.45, 7) is 7.85. The number of carbonyl (C=O) groups is 1. The molecule has 0 unspecified atom stereocenters. The number of rotatable bonds is 14. The van der Waals surface area contributed by atoms with Gasteiger partial charge in [-0.2, -0.15) is 0 Å². The second kappa shape index (κ2) is 16.8. The lowest BCUT2D eigenvalue weighted by atomic mass is 9.77. The van der Waals surface area contributed by atoms with Crippen molar-refractivity contribution in [2.45, 2.75) is 65.1 Å². The largest absolute Gasteiger partial charge is 0.519 e. The minimum Gasteiger partial charge on any atom is -0.453 e. The van der Waals surface area contributed by atoms with Gasteiger partial charge in [0.1, 0.15) is 11.4 Å². The smallest absolute Gasteiger partial charge is 0.453 e. The average molecular weight is 785 g/mol. The monoisotopic (exact) mass is 784 g/mol. The maximum Gasteiger partial charge on any atom is 0.519 e. The van der Waals surface area contributed by atoms with Gasteiger partial charge in [-0.15, -0.1) is 5.10 Å². The molecule has 0 radical (unpaired) electrons. The van der Waals surface area contributed by atoms with E-state index in [1.807, 2.05) is 89.8 Å². The molecule has 0 bridgehead atoms. The van der Waals surface area contributed by atoms with Gasteiger partial charge in [0.05, 0.1) is 5.69 Å². The Morgan fingerprint density at radius 1 is 0.763 bits per heavy atom. The first-order valence-corrected chi connectivity index (χ1v) is 19.8. The van der Waals surface area contributed by atoms with Crippen LogP contribution in [0.5, 0.6) is 0 Å². The molecule has 0 aliphatic carbocycles. The molecule has 5 aromatic carbocycles. The fourth-order valence-electron chi connectivity index (χ4n) is 7.82. The van der Waals surface area contributed by atoms with Crippen molar-refractivity contribution in [1.29, 1.82) is 0 Å². The number of hydrogen-bond donors (Lipinski definition) is 0. The Balaban J connectivity index is 1.18. The summed E-state index contributed by atoms with van der Waals surface area (Å²) in [4.78, 5) is 30.4. The molecule has 0 amide bonds. The number of carbonyl (C=O) groups excluding carboxylic acids is 1. The van der Waals surface area contributed by atoms with Gasteiger partial charge in [0, 0.05) is 18.5 Å². The Kier molecular flexibility index (Phi) is 11.0. The number of hydrogen-bond acceptors (Lipinski definition) is 9. The van der Waals surface area contributed by atoms with Crippen LogP contribution in [0.2, 0.25) is 0 Å². The molecule has 11 nitrogen and oxygen atoms in total. The van der Waals surface area contributed by atoms with E-state index in [-0.39, 0.29) is 24.0 Å². The number of benzene rings is 5. The van der Waals surface area contributed by atoms with Gasteiger partial charge >= 0.3 is 11.8 Å². The molecule has 11 heteroatoms. The van der Waals surface area contributed by atoms with Gasteiger partial charge in [-0.05, 0) is 63.1 Å². The summed E-state index contributed by atoms with van der Waals surface area (Å²) in [7, 11) is 0.